The summed E-state index contributed by atoms with van der Waals surface area (Å²) in [4.78, 5) is 10.9. The molecule has 1 aromatic carbocycles. The van der Waals surface area contributed by atoms with Crippen LogP contribution in [0.15, 0.2) is 23.1 Å². The quantitative estimate of drug-likeness (QED) is 0.852. The second kappa shape index (κ2) is 6.63. The van der Waals surface area contributed by atoms with Gasteiger partial charge in [0.25, 0.3) is 0 Å². The molecule has 1 rings (SSSR count). The molecular formula is C11H12ClF3N2O3S. The SMILES string of the molecule is Cc1ccc(S(=O)(=O)NCC(=O)NCC(F)(F)F)c(Cl)c1. The van der Waals surface area contributed by atoms with Crippen LogP contribution < -0.4 is 10.0 Å². The van der Waals surface area contributed by atoms with Gasteiger partial charge in [-0.15, -0.1) is 0 Å². The molecule has 21 heavy (non-hydrogen) atoms. The fourth-order valence-corrected chi connectivity index (χ4v) is 2.90. The zero-order valence-electron chi connectivity index (χ0n) is 10.8. The summed E-state index contributed by atoms with van der Waals surface area (Å²) in [6.45, 7) is -0.637. The molecule has 0 unspecified atom stereocenters. The van der Waals surface area contributed by atoms with Gasteiger partial charge in [-0.05, 0) is 24.6 Å². The minimum atomic E-state index is -4.56. The number of hydrogen-bond donors (Lipinski definition) is 2. The van der Waals surface area contributed by atoms with E-state index >= 15 is 0 Å². The number of aryl methyl sites for hydroxylation is 1. The molecule has 0 atom stereocenters. The molecule has 0 radical (unpaired) electrons. The molecular weight excluding hydrogens is 333 g/mol. The zero-order valence-corrected chi connectivity index (χ0v) is 12.4. The lowest BCUT2D eigenvalue weighted by molar-refractivity contribution is -0.137. The van der Waals surface area contributed by atoms with Gasteiger partial charge in [0.2, 0.25) is 15.9 Å². The minimum absolute atomic E-state index is 0.0433. The van der Waals surface area contributed by atoms with Crippen LogP contribution in [0.3, 0.4) is 0 Å². The van der Waals surface area contributed by atoms with Gasteiger partial charge in [-0.2, -0.15) is 13.2 Å². The Kier molecular flexibility index (Phi) is 5.60. The average molecular weight is 345 g/mol. The molecule has 0 spiro atoms. The first-order valence-electron chi connectivity index (χ1n) is 5.60. The van der Waals surface area contributed by atoms with Gasteiger partial charge in [-0.3, -0.25) is 4.79 Å². The van der Waals surface area contributed by atoms with E-state index in [-0.39, 0.29) is 9.92 Å². The molecule has 0 fully saturated rings. The Bertz CT molecular complexity index is 632. The number of carbonyl (C=O) groups is 1. The van der Waals surface area contributed by atoms with Crippen molar-refractivity contribution in [3.05, 3.63) is 28.8 Å². The lowest BCUT2D eigenvalue weighted by Crippen LogP contribution is -2.40. The van der Waals surface area contributed by atoms with Crippen LogP contribution in [-0.4, -0.2) is 33.6 Å². The van der Waals surface area contributed by atoms with Crippen LogP contribution in [0.25, 0.3) is 0 Å². The van der Waals surface area contributed by atoms with E-state index in [4.69, 9.17) is 11.6 Å². The van der Waals surface area contributed by atoms with Crippen LogP contribution in [0.4, 0.5) is 13.2 Å². The summed E-state index contributed by atoms with van der Waals surface area (Å²) in [5.41, 5.74) is 0.738. The Hall–Kier alpha value is -1.32. The summed E-state index contributed by atoms with van der Waals surface area (Å²) in [5.74, 6) is -1.10. The monoisotopic (exact) mass is 344 g/mol. The van der Waals surface area contributed by atoms with Gasteiger partial charge in [0.05, 0.1) is 11.6 Å². The first-order chi connectivity index (χ1) is 9.51. The van der Waals surface area contributed by atoms with Crippen molar-refractivity contribution in [2.45, 2.75) is 18.0 Å². The first-order valence-corrected chi connectivity index (χ1v) is 7.47. The number of nitrogens with one attached hydrogen (secondary N) is 2. The number of hydrogen-bond acceptors (Lipinski definition) is 3. The number of alkyl halides is 3. The second-order valence-electron chi connectivity index (χ2n) is 4.15. The van der Waals surface area contributed by atoms with Crippen molar-refractivity contribution in [3.8, 4) is 0 Å². The summed E-state index contributed by atoms with van der Waals surface area (Å²) in [6.07, 6.45) is -4.56. The highest BCUT2D eigenvalue weighted by Gasteiger charge is 2.28. The normalized spacial score (nSPS) is 12.2. The topological polar surface area (TPSA) is 75.3 Å². The number of halogens is 4. The predicted molar refractivity (Wildman–Crippen MR) is 70.4 cm³/mol. The molecule has 118 valence electrons. The Labute approximate surface area is 124 Å². The van der Waals surface area contributed by atoms with Crippen LogP contribution in [0.1, 0.15) is 5.56 Å². The highest BCUT2D eigenvalue weighted by atomic mass is 35.5. The van der Waals surface area contributed by atoms with Crippen LogP contribution in [0.5, 0.6) is 0 Å². The third-order valence-corrected chi connectivity index (χ3v) is 4.17. The van der Waals surface area contributed by atoms with E-state index in [0.717, 1.165) is 5.56 Å². The molecule has 0 aliphatic rings. The van der Waals surface area contributed by atoms with Crippen molar-refractivity contribution in [1.29, 1.82) is 0 Å². The summed E-state index contributed by atoms with van der Waals surface area (Å²) >= 11 is 5.78. The highest BCUT2D eigenvalue weighted by Crippen LogP contribution is 2.22. The third-order valence-electron chi connectivity index (χ3n) is 2.29. The largest absolute Gasteiger partial charge is 0.405 e. The molecule has 0 aliphatic heterocycles. The van der Waals surface area contributed by atoms with Gasteiger partial charge in [0.1, 0.15) is 11.4 Å². The maximum atomic E-state index is 11.9. The Balaban J connectivity index is 2.67. The van der Waals surface area contributed by atoms with E-state index in [0.29, 0.717) is 0 Å². The number of rotatable bonds is 5. The highest BCUT2D eigenvalue weighted by molar-refractivity contribution is 7.89. The molecule has 10 heteroatoms. The number of sulfonamides is 1. The Morgan fingerprint density at radius 2 is 1.95 bits per heavy atom. The van der Waals surface area contributed by atoms with E-state index < -0.39 is 35.2 Å². The number of carbonyl (C=O) groups excluding carboxylic acids is 1. The molecule has 0 aromatic heterocycles. The van der Waals surface area contributed by atoms with E-state index in [1.54, 1.807) is 12.2 Å². The van der Waals surface area contributed by atoms with Gasteiger partial charge in [0.15, 0.2) is 0 Å². The smallest absolute Gasteiger partial charge is 0.346 e. The second-order valence-corrected chi connectivity index (χ2v) is 6.29. The van der Waals surface area contributed by atoms with Crippen molar-refractivity contribution in [2.24, 2.45) is 0 Å². The molecule has 0 saturated carbocycles. The molecule has 0 saturated heterocycles. The molecule has 0 aliphatic carbocycles. The fraction of sp³-hybridized carbons (Fsp3) is 0.364. The summed E-state index contributed by atoms with van der Waals surface area (Å²) in [5, 5.41) is 1.50. The van der Waals surface area contributed by atoms with E-state index in [2.05, 4.69) is 0 Å². The predicted octanol–water partition coefficient (Wildman–Crippen LogP) is 1.61. The van der Waals surface area contributed by atoms with Crippen molar-refractivity contribution in [2.75, 3.05) is 13.1 Å². The first kappa shape index (κ1) is 17.7. The molecule has 1 aromatic rings. The van der Waals surface area contributed by atoms with Gasteiger partial charge in [-0.25, -0.2) is 13.1 Å². The maximum Gasteiger partial charge on any atom is 0.405 e. The Morgan fingerprint density at radius 3 is 2.48 bits per heavy atom. The van der Waals surface area contributed by atoms with Crippen molar-refractivity contribution < 1.29 is 26.4 Å². The van der Waals surface area contributed by atoms with Crippen molar-refractivity contribution >= 4 is 27.5 Å². The fourth-order valence-electron chi connectivity index (χ4n) is 1.32. The Morgan fingerprint density at radius 1 is 1.33 bits per heavy atom. The molecule has 1 amide bonds. The molecule has 0 bridgehead atoms. The zero-order chi connectivity index (χ0) is 16.3. The minimum Gasteiger partial charge on any atom is -0.346 e. The van der Waals surface area contributed by atoms with Gasteiger partial charge in [-0.1, -0.05) is 17.7 Å². The standard InChI is InChI=1S/C11H12ClF3N2O3S/c1-7-2-3-9(8(12)4-7)21(19,20)17-5-10(18)16-6-11(13,14)15/h2-4,17H,5-6H2,1H3,(H,16,18). The van der Waals surface area contributed by atoms with Gasteiger partial charge in [0, 0.05) is 0 Å². The number of benzene rings is 1. The maximum absolute atomic E-state index is 11.9. The summed E-state index contributed by atoms with van der Waals surface area (Å²) < 4.78 is 61.2. The third kappa shape index (κ3) is 5.90. The van der Waals surface area contributed by atoms with Crippen molar-refractivity contribution in [1.82, 2.24) is 10.0 Å². The number of amides is 1. The summed E-state index contributed by atoms with van der Waals surface area (Å²) in [6, 6.07) is 4.16. The molecule has 0 heterocycles. The van der Waals surface area contributed by atoms with E-state index in [9.17, 15) is 26.4 Å². The lowest BCUT2D eigenvalue weighted by Gasteiger charge is -2.10. The van der Waals surface area contributed by atoms with Crippen molar-refractivity contribution in [3.63, 3.8) is 0 Å². The van der Waals surface area contributed by atoms with Gasteiger partial charge < -0.3 is 5.32 Å². The molecule has 5 nitrogen and oxygen atoms in total. The average Bonchev–Trinajstić information content (AvgIpc) is 2.32. The van der Waals surface area contributed by atoms with E-state index in [1.165, 1.54) is 18.2 Å². The van der Waals surface area contributed by atoms with Crippen LogP contribution >= 0.6 is 11.6 Å². The lowest BCUT2D eigenvalue weighted by atomic mass is 10.2. The molecule has 2 N–H and O–H groups in total. The van der Waals surface area contributed by atoms with Crippen LogP contribution in [0, 0.1) is 6.92 Å². The summed E-state index contributed by atoms with van der Waals surface area (Å²) in [7, 11) is -4.08. The van der Waals surface area contributed by atoms with Crippen LogP contribution in [-0.2, 0) is 14.8 Å². The van der Waals surface area contributed by atoms with Crippen LogP contribution in [0.2, 0.25) is 5.02 Å². The van der Waals surface area contributed by atoms with E-state index in [1.807, 2.05) is 4.72 Å². The van der Waals surface area contributed by atoms with Gasteiger partial charge >= 0.3 is 6.18 Å².